The lowest BCUT2D eigenvalue weighted by Crippen LogP contribution is -2.10. The molecule has 0 saturated heterocycles. The van der Waals surface area contributed by atoms with E-state index in [1.165, 1.54) is 0 Å². The molecule has 0 spiro atoms. The van der Waals surface area contributed by atoms with Crippen LogP contribution in [0.3, 0.4) is 0 Å². The second-order valence-corrected chi connectivity index (χ2v) is 5.59. The van der Waals surface area contributed by atoms with Gasteiger partial charge in [-0.05, 0) is 38.3 Å². The van der Waals surface area contributed by atoms with Gasteiger partial charge in [0.05, 0.1) is 11.4 Å². The minimum Gasteiger partial charge on any atom is -0.380 e. The molecule has 5 heteroatoms. The summed E-state index contributed by atoms with van der Waals surface area (Å²) in [6.45, 7) is 6.11. The van der Waals surface area contributed by atoms with Crippen LogP contribution in [0.15, 0.2) is 27.4 Å². The van der Waals surface area contributed by atoms with Gasteiger partial charge in [0.15, 0.2) is 0 Å². The maximum absolute atomic E-state index is 5.38. The fourth-order valence-corrected chi connectivity index (χ4v) is 2.65. The van der Waals surface area contributed by atoms with Crippen LogP contribution >= 0.6 is 11.3 Å². The first-order valence-corrected chi connectivity index (χ1v) is 7.15. The van der Waals surface area contributed by atoms with Crippen LogP contribution < -0.4 is 5.32 Å². The van der Waals surface area contributed by atoms with E-state index < -0.39 is 0 Å². The molecule has 0 radical (unpaired) electrons. The van der Waals surface area contributed by atoms with Crippen molar-refractivity contribution in [3.63, 3.8) is 0 Å². The van der Waals surface area contributed by atoms with E-state index >= 15 is 0 Å². The Hall–Kier alpha value is -1.88. The number of nitrogens with zero attached hydrogens (tertiary/aromatic N) is 2. The summed E-state index contributed by atoms with van der Waals surface area (Å²) in [7, 11) is 0. The summed E-state index contributed by atoms with van der Waals surface area (Å²) in [5.74, 6) is 0. The molecule has 19 heavy (non-hydrogen) atoms. The van der Waals surface area contributed by atoms with Crippen molar-refractivity contribution in [1.82, 2.24) is 10.1 Å². The van der Waals surface area contributed by atoms with E-state index in [4.69, 9.17) is 4.52 Å². The van der Waals surface area contributed by atoms with Crippen LogP contribution in [0.1, 0.15) is 19.5 Å². The maximum Gasteiger partial charge on any atom is 0.208 e. The van der Waals surface area contributed by atoms with E-state index in [2.05, 4.69) is 46.1 Å². The molecule has 4 nitrogen and oxygen atoms in total. The minimum atomic E-state index is 0.325. The molecular formula is C14H15N3OS. The number of thiophene rings is 1. The molecule has 0 aliphatic carbocycles. The van der Waals surface area contributed by atoms with Gasteiger partial charge in [-0.1, -0.05) is 5.16 Å². The predicted octanol–water partition coefficient (Wildman–Crippen LogP) is 4.08. The van der Waals surface area contributed by atoms with Crippen molar-refractivity contribution in [2.24, 2.45) is 0 Å². The molecule has 1 N–H and O–H groups in total. The predicted molar refractivity (Wildman–Crippen MR) is 78.6 cm³/mol. The number of hydrogen-bond donors (Lipinski definition) is 1. The van der Waals surface area contributed by atoms with Crippen LogP contribution in [0.4, 0.5) is 5.69 Å². The van der Waals surface area contributed by atoms with Crippen molar-refractivity contribution in [3.05, 3.63) is 28.6 Å². The zero-order valence-corrected chi connectivity index (χ0v) is 11.9. The van der Waals surface area contributed by atoms with Gasteiger partial charge in [0.2, 0.25) is 5.58 Å². The van der Waals surface area contributed by atoms with Crippen molar-refractivity contribution < 1.29 is 4.52 Å². The highest BCUT2D eigenvalue weighted by molar-refractivity contribution is 7.08. The number of pyridine rings is 1. The molecule has 0 bridgehead atoms. The number of hydrogen-bond acceptors (Lipinski definition) is 5. The monoisotopic (exact) mass is 273 g/mol. The molecule has 0 unspecified atom stereocenters. The quantitative estimate of drug-likeness (QED) is 0.781. The number of aromatic nitrogens is 2. The third kappa shape index (κ3) is 2.21. The molecule has 3 rings (SSSR count). The zero-order valence-electron chi connectivity index (χ0n) is 11.1. The van der Waals surface area contributed by atoms with Crippen molar-refractivity contribution in [2.75, 3.05) is 5.32 Å². The second kappa shape index (κ2) is 4.66. The van der Waals surface area contributed by atoms with Crippen LogP contribution in [0.2, 0.25) is 0 Å². The highest BCUT2D eigenvalue weighted by Gasteiger charge is 2.14. The number of aryl methyl sites for hydroxylation is 1. The van der Waals surface area contributed by atoms with Gasteiger partial charge in [-0.2, -0.15) is 11.3 Å². The lowest BCUT2D eigenvalue weighted by Gasteiger charge is -2.11. The van der Waals surface area contributed by atoms with Crippen molar-refractivity contribution in [1.29, 1.82) is 0 Å². The topological polar surface area (TPSA) is 51.0 Å². The SMILES string of the molecule is Cc1noc2c(NC(C)C)cc(-c3ccsc3)nc12. The molecule has 0 saturated carbocycles. The van der Waals surface area contributed by atoms with E-state index in [9.17, 15) is 0 Å². The smallest absolute Gasteiger partial charge is 0.208 e. The summed E-state index contributed by atoms with van der Waals surface area (Å²) in [6, 6.07) is 4.42. The summed E-state index contributed by atoms with van der Waals surface area (Å²) in [6.07, 6.45) is 0. The Balaban J connectivity index is 2.22. The molecule has 3 heterocycles. The molecular weight excluding hydrogens is 258 g/mol. The van der Waals surface area contributed by atoms with Gasteiger partial charge < -0.3 is 9.84 Å². The van der Waals surface area contributed by atoms with Gasteiger partial charge >= 0.3 is 0 Å². The average molecular weight is 273 g/mol. The van der Waals surface area contributed by atoms with Crippen LogP contribution in [0.25, 0.3) is 22.4 Å². The van der Waals surface area contributed by atoms with Crippen LogP contribution in [-0.4, -0.2) is 16.2 Å². The van der Waals surface area contributed by atoms with Crippen LogP contribution in [-0.2, 0) is 0 Å². The van der Waals surface area contributed by atoms with Crippen molar-refractivity contribution in [3.8, 4) is 11.3 Å². The molecule has 0 atom stereocenters. The van der Waals surface area contributed by atoms with E-state index in [-0.39, 0.29) is 0 Å². The van der Waals surface area contributed by atoms with E-state index in [0.29, 0.717) is 6.04 Å². The van der Waals surface area contributed by atoms with E-state index in [0.717, 1.165) is 33.7 Å². The second-order valence-electron chi connectivity index (χ2n) is 4.81. The summed E-state index contributed by atoms with van der Waals surface area (Å²) in [5, 5.41) is 11.6. The number of anilines is 1. The molecule has 98 valence electrons. The first-order valence-electron chi connectivity index (χ1n) is 6.21. The maximum atomic E-state index is 5.38. The minimum absolute atomic E-state index is 0.325. The first-order chi connectivity index (χ1) is 9.15. The van der Waals surface area contributed by atoms with E-state index in [1.807, 2.05) is 13.0 Å². The summed E-state index contributed by atoms with van der Waals surface area (Å²) >= 11 is 1.67. The van der Waals surface area contributed by atoms with Crippen molar-refractivity contribution >= 4 is 28.1 Å². The first kappa shape index (κ1) is 12.2. The zero-order chi connectivity index (χ0) is 13.4. The van der Waals surface area contributed by atoms with Gasteiger partial charge in [-0.3, -0.25) is 0 Å². The summed E-state index contributed by atoms with van der Waals surface area (Å²) < 4.78 is 5.38. The lowest BCUT2D eigenvalue weighted by atomic mass is 10.1. The highest BCUT2D eigenvalue weighted by atomic mass is 32.1. The van der Waals surface area contributed by atoms with E-state index in [1.54, 1.807) is 11.3 Å². The number of fused-ring (bicyclic) bond motifs is 1. The molecule has 0 aliphatic heterocycles. The Morgan fingerprint density at radius 1 is 1.37 bits per heavy atom. The molecule has 0 aliphatic rings. The third-order valence-corrected chi connectivity index (χ3v) is 3.53. The largest absolute Gasteiger partial charge is 0.380 e. The summed E-state index contributed by atoms with van der Waals surface area (Å²) in [5.41, 5.74) is 5.39. The Bertz CT molecular complexity index is 701. The van der Waals surface area contributed by atoms with Gasteiger partial charge in [-0.25, -0.2) is 4.98 Å². The highest BCUT2D eigenvalue weighted by Crippen LogP contribution is 2.31. The van der Waals surface area contributed by atoms with Crippen molar-refractivity contribution in [2.45, 2.75) is 26.8 Å². The van der Waals surface area contributed by atoms with Gasteiger partial charge in [-0.15, -0.1) is 0 Å². The third-order valence-electron chi connectivity index (χ3n) is 2.85. The Morgan fingerprint density at radius 2 is 2.21 bits per heavy atom. The average Bonchev–Trinajstić information content (AvgIpc) is 2.99. The van der Waals surface area contributed by atoms with Gasteiger partial charge in [0.25, 0.3) is 0 Å². The standard InChI is InChI=1S/C14H15N3OS/c1-8(2)15-12-6-11(10-4-5-19-7-10)16-13-9(3)17-18-14(12)13/h4-8H,1-3H3,(H,15,16). The fraction of sp³-hybridized carbons (Fsp3) is 0.286. The lowest BCUT2D eigenvalue weighted by molar-refractivity contribution is 0.451. The molecule has 0 aromatic carbocycles. The van der Waals surface area contributed by atoms with Crippen LogP contribution in [0, 0.1) is 6.92 Å². The number of nitrogens with one attached hydrogen (secondary N) is 1. The molecule has 0 fully saturated rings. The Kier molecular flexibility index (Phi) is 2.98. The fourth-order valence-electron chi connectivity index (χ4n) is 2.00. The Labute approximate surface area is 115 Å². The van der Waals surface area contributed by atoms with Gasteiger partial charge in [0, 0.05) is 17.0 Å². The normalized spacial score (nSPS) is 11.4. The van der Waals surface area contributed by atoms with Gasteiger partial charge in [0.1, 0.15) is 11.2 Å². The Morgan fingerprint density at radius 3 is 2.89 bits per heavy atom. The van der Waals surface area contributed by atoms with Crippen LogP contribution in [0.5, 0.6) is 0 Å². The summed E-state index contributed by atoms with van der Waals surface area (Å²) in [4.78, 5) is 4.66. The number of rotatable bonds is 3. The molecule has 0 amide bonds. The molecule has 3 aromatic heterocycles. The molecule has 3 aromatic rings.